The van der Waals surface area contributed by atoms with Crippen molar-refractivity contribution in [2.24, 2.45) is 7.05 Å². The van der Waals surface area contributed by atoms with Gasteiger partial charge in [0, 0.05) is 36.1 Å². The van der Waals surface area contributed by atoms with Crippen molar-refractivity contribution in [3.63, 3.8) is 0 Å². The van der Waals surface area contributed by atoms with Gasteiger partial charge in [-0.2, -0.15) is 5.10 Å². The summed E-state index contributed by atoms with van der Waals surface area (Å²) in [6.07, 6.45) is 4.58. The number of aromatic amines is 2. The monoisotopic (exact) mass is 529 g/mol. The van der Waals surface area contributed by atoms with E-state index in [2.05, 4.69) is 35.9 Å². The molecule has 0 aliphatic carbocycles. The molecule has 192 valence electrons. The molecule has 0 amide bonds. The van der Waals surface area contributed by atoms with Crippen LogP contribution in [0.25, 0.3) is 55.7 Å². The number of pyridine rings is 1. The molecule has 0 saturated heterocycles. The summed E-state index contributed by atoms with van der Waals surface area (Å²) in [4.78, 5) is 12.2. The van der Waals surface area contributed by atoms with Crippen molar-refractivity contribution in [1.29, 1.82) is 0 Å². The van der Waals surface area contributed by atoms with Gasteiger partial charge in [-0.3, -0.25) is 5.10 Å². The molecule has 0 fully saturated rings. The molecule has 0 radical (unpaired) electrons. The highest BCUT2D eigenvalue weighted by Crippen LogP contribution is 2.35. The van der Waals surface area contributed by atoms with Crippen LogP contribution >= 0.6 is 0 Å². The van der Waals surface area contributed by atoms with Gasteiger partial charge in [0.25, 0.3) is 0 Å². The summed E-state index contributed by atoms with van der Waals surface area (Å²) < 4.78 is 42.0. The first-order chi connectivity index (χ1) is 18.2. The van der Waals surface area contributed by atoms with Crippen molar-refractivity contribution in [3.8, 4) is 33.8 Å². The molecule has 38 heavy (non-hydrogen) atoms. The second-order valence-electron chi connectivity index (χ2n) is 9.33. The van der Waals surface area contributed by atoms with Crippen molar-refractivity contribution in [2.75, 3.05) is 6.26 Å². The molecule has 4 aromatic heterocycles. The maximum absolute atomic E-state index is 14.5. The standard InChI is InChI=1S/C27H24FN7O2S/c1-15-30-14-25(35(15)2)17-4-5-23-22(11-17)26(34-33-23)24-12-21-20(6-7-29-27(21)32-24)18-8-16(9-19(28)10-18)13-31-38(3,36)37/h4-12,14,31H,13H2,1-3H3,(H,29,32)(H,33,34). The van der Waals surface area contributed by atoms with Crippen LogP contribution in [0.2, 0.25) is 0 Å². The highest BCUT2D eigenvalue weighted by Gasteiger charge is 2.16. The molecule has 6 aromatic rings. The first kappa shape index (κ1) is 24.0. The highest BCUT2D eigenvalue weighted by molar-refractivity contribution is 7.88. The Balaban J connectivity index is 1.44. The number of benzene rings is 2. The van der Waals surface area contributed by atoms with Gasteiger partial charge in [-0.15, -0.1) is 0 Å². The summed E-state index contributed by atoms with van der Waals surface area (Å²) in [5, 5.41) is 9.40. The molecule has 4 heterocycles. The van der Waals surface area contributed by atoms with E-state index in [1.807, 2.05) is 49.0 Å². The molecule has 0 atom stereocenters. The van der Waals surface area contributed by atoms with E-state index < -0.39 is 15.8 Å². The third-order valence-electron chi connectivity index (χ3n) is 6.67. The van der Waals surface area contributed by atoms with E-state index in [-0.39, 0.29) is 6.54 Å². The molecule has 0 spiro atoms. The minimum Gasteiger partial charge on any atom is -0.338 e. The van der Waals surface area contributed by atoms with Crippen LogP contribution in [-0.4, -0.2) is 44.4 Å². The number of aromatic nitrogens is 6. The van der Waals surface area contributed by atoms with Gasteiger partial charge < -0.3 is 9.55 Å². The number of imidazole rings is 1. The Morgan fingerprint density at radius 3 is 2.63 bits per heavy atom. The minimum absolute atomic E-state index is 0.00597. The molecule has 0 aliphatic rings. The largest absolute Gasteiger partial charge is 0.338 e. The van der Waals surface area contributed by atoms with Crippen LogP contribution in [0.3, 0.4) is 0 Å². The Bertz CT molecular complexity index is 1950. The van der Waals surface area contributed by atoms with E-state index in [9.17, 15) is 12.8 Å². The molecular weight excluding hydrogens is 505 g/mol. The maximum Gasteiger partial charge on any atom is 0.209 e. The number of sulfonamides is 1. The van der Waals surface area contributed by atoms with Gasteiger partial charge in [0.15, 0.2) is 0 Å². The number of nitrogens with zero attached hydrogens (tertiary/aromatic N) is 4. The molecule has 0 aliphatic heterocycles. The number of nitrogens with one attached hydrogen (secondary N) is 3. The molecule has 2 aromatic carbocycles. The molecule has 11 heteroatoms. The smallest absolute Gasteiger partial charge is 0.209 e. The quantitative estimate of drug-likeness (QED) is 0.290. The van der Waals surface area contributed by atoms with Crippen LogP contribution in [-0.2, 0) is 23.6 Å². The zero-order chi connectivity index (χ0) is 26.6. The fourth-order valence-electron chi connectivity index (χ4n) is 4.68. The normalized spacial score (nSPS) is 12.1. The van der Waals surface area contributed by atoms with E-state index in [4.69, 9.17) is 0 Å². The van der Waals surface area contributed by atoms with Crippen molar-refractivity contribution < 1.29 is 12.8 Å². The number of halogens is 1. The topological polar surface area (TPSA) is 121 Å². The van der Waals surface area contributed by atoms with Crippen LogP contribution in [0.5, 0.6) is 0 Å². The Labute approximate surface area is 217 Å². The SMILES string of the molecule is Cc1ncc(-c2ccc3[nH]nc(-c4cc5c(-c6cc(F)cc(CNS(C)(=O)=O)c6)ccnc5[nH]4)c3c2)n1C. The zero-order valence-corrected chi connectivity index (χ0v) is 21.7. The van der Waals surface area contributed by atoms with Gasteiger partial charge in [0.1, 0.15) is 23.0 Å². The van der Waals surface area contributed by atoms with E-state index in [1.54, 1.807) is 12.3 Å². The van der Waals surface area contributed by atoms with Crippen molar-refractivity contribution in [3.05, 3.63) is 78.1 Å². The minimum atomic E-state index is -3.41. The van der Waals surface area contributed by atoms with Gasteiger partial charge >= 0.3 is 0 Å². The molecule has 0 bridgehead atoms. The van der Waals surface area contributed by atoms with Crippen LogP contribution in [0, 0.1) is 12.7 Å². The average Bonchev–Trinajstić information content (AvgIpc) is 3.58. The summed E-state index contributed by atoms with van der Waals surface area (Å²) in [7, 11) is -1.43. The Kier molecular flexibility index (Phi) is 5.62. The molecule has 6 rings (SSSR count). The number of hydrogen-bond acceptors (Lipinski definition) is 5. The fraction of sp³-hybridized carbons (Fsp3) is 0.148. The lowest BCUT2D eigenvalue weighted by molar-refractivity contribution is 0.586. The fourth-order valence-corrected chi connectivity index (χ4v) is 5.11. The predicted molar refractivity (Wildman–Crippen MR) is 145 cm³/mol. The Morgan fingerprint density at radius 2 is 1.87 bits per heavy atom. The van der Waals surface area contributed by atoms with E-state index in [1.165, 1.54) is 12.1 Å². The lowest BCUT2D eigenvalue weighted by Gasteiger charge is -2.08. The van der Waals surface area contributed by atoms with Crippen molar-refractivity contribution >= 4 is 32.0 Å². The molecule has 0 unspecified atom stereocenters. The number of rotatable bonds is 6. The Hall–Kier alpha value is -4.35. The molecule has 0 saturated carbocycles. The second-order valence-corrected chi connectivity index (χ2v) is 11.2. The van der Waals surface area contributed by atoms with Gasteiger partial charge in [0.2, 0.25) is 10.0 Å². The second kappa shape index (κ2) is 8.89. The first-order valence-electron chi connectivity index (χ1n) is 11.9. The summed E-state index contributed by atoms with van der Waals surface area (Å²) in [6, 6.07) is 14.4. The third kappa shape index (κ3) is 4.35. The lowest BCUT2D eigenvalue weighted by Crippen LogP contribution is -2.21. The maximum atomic E-state index is 14.5. The third-order valence-corrected chi connectivity index (χ3v) is 7.34. The van der Waals surface area contributed by atoms with Crippen LogP contribution in [0.15, 0.2) is 60.9 Å². The van der Waals surface area contributed by atoms with Crippen molar-refractivity contribution in [1.82, 2.24) is 34.4 Å². The molecular formula is C27H24FN7O2S. The van der Waals surface area contributed by atoms with Crippen LogP contribution in [0.4, 0.5) is 4.39 Å². The zero-order valence-electron chi connectivity index (χ0n) is 20.9. The van der Waals surface area contributed by atoms with Crippen molar-refractivity contribution in [2.45, 2.75) is 13.5 Å². The first-order valence-corrected chi connectivity index (χ1v) is 13.7. The highest BCUT2D eigenvalue weighted by atomic mass is 32.2. The summed E-state index contributed by atoms with van der Waals surface area (Å²) in [5.41, 5.74) is 6.95. The summed E-state index contributed by atoms with van der Waals surface area (Å²) >= 11 is 0. The van der Waals surface area contributed by atoms with Gasteiger partial charge in [-0.1, -0.05) is 6.07 Å². The van der Waals surface area contributed by atoms with Gasteiger partial charge in [-0.05, 0) is 66.1 Å². The summed E-state index contributed by atoms with van der Waals surface area (Å²) in [6.45, 7) is 1.96. The van der Waals surface area contributed by atoms with Gasteiger partial charge in [0.05, 0.1) is 29.4 Å². The van der Waals surface area contributed by atoms with E-state index in [0.717, 1.165) is 56.6 Å². The van der Waals surface area contributed by atoms with Crippen LogP contribution in [0.1, 0.15) is 11.4 Å². The predicted octanol–water partition coefficient (Wildman–Crippen LogP) is 4.67. The van der Waals surface area contributed by atoms with E-state index in [0.29, 0.717) is 16.8 Å². The number of aryl methyl sites for hydroxylation is 1. The lowest BCUT2D eigenvalue weighted by atomic mass is 10.0. The number of hydrogen-bond donors (Lipinski definition) is 3. The molecule has 9 nitrogen and oxygen atoms in total. The van der Waals surface area contributed by atoms with Crippen LogP contribution < -0.4 is 4.72 Å². The Morgan fingerprint density at radius 1 is 1.03 bits per heavy atom. The molecule has 3 N–H and O–H groups in total. The van der Waals surface area contributed by atoms with Gasteiger partial charge in [-0.25, -0.2) is 27.5 Å². The van der Waals surface area contributed by atoms with E-state index >= 15 is 0 Å². The number of fused-ring (bicyclic) bond motifs is 2. The number of H-pyrrole nitrogens is 2. The average molecular weight is 530 g/mol. The summed E-state index contributed by atoms with van der Waals surface area (Å²) in [5.74, 6) is 0.471.